The van der Waals surface area contributed by atoms with E-state index >= 15 is 0 Å². The quantitative estimate of drug-likeness (QED) is 0.542. The molecule has 2 aromatic rings. The number of amides is 1. The number of rotatable bonds is 9. The van der Waals surface area contributed by atoms with Crippen molar-refractivity contribution in [1.29, 1.82) is 0 Å². The molecule has 0 aliphatic heterocycles. The zero-order chi connectivity index (χ0) is 22.4. The summed E-state index contributed by atoms with van der Waals surface area (Å²) in [6.45, 7) is -0.683. The number of aliphatic carboxylic acids is 1. The van der Waals surface area contributed by atoms with Crippen LogP contribution < -0.4 is 10.0 Å². The minimum absolute atomic E-state index is 0.0533. The number of ketones is 1. The van der Waals surface area contributed by atoms with Gasteiger partial charge in [0.15, 0.2) is 5.78 Å². The molecule has 0 saturated heterocycles. The average Bonchev–Trinajstić information content (AvgIpc) is 2.71. The summed E-state index contributed by atoms with van der Waals surface area (Å²) in [5, 5.41) is 10.9. The van der Waals surface area contributed by atoms with Crippen LogP contribution in [0.1, 0.15) is 12.0 Å². The Hall–Kier alpha value is -3.24. The number of sulfonamides is 1. The molecule has 1 atom stereocenters. The molecular weight excluding hydrogens is 412 g/mol. The van der Waals surface area contributed by atoms with Gasteiger partial charge in [-0.2, -0.15) is 0 Å². The molecule has 2 aromatic carbocycles. The van der Waals surface area contributed by atoms with E-state index in [-0.39, 0.29) is 6.61 Å². The van der Waals surface area contributed by atoms with E-state index in [2.05, 4.69) is 5.32 Å². The van der Waals surface area contributed by atoms with Gasteiger partial charge in [-0.25, -0.2) is 17.9 Å². The molecule has 162 valence electrons. The number of alkyl carbamates (subject to hydrolysis) is 1. The molecule has 0 heterocycles. The Kier molecular flexibility index (Phi) is 10.8. The van der Waals surface area contributed by atoms with Crippen molar-refractivity contribution in [3.8, 4) is 0 Å². The van der Waals surface area contributed by atoms with Crippen molar-refractivity contribution < 1.29 is 32.6 Å². The largest absolute Gasteiger partial charge is 0.481 e. The minimum atomic E-state index is -3.62. The minimum Gasteiger partial charge on any atom is -0.481 e. The summed E-state index contributed by atoms with van der Waals surface area (Å²) >= 11 is 0. The highest BCUT2D eigenvalue weighted by atomic mass is 32.2. The topological polar surface area (TPSA) is 139 Å². The fourth-order valence-corrected chi connectivity index (χ4v) is 2.44. The SMILES string of the molecule is CS(=O)(=O)NCC(=O)C(CC(=O)O)NC(=O)OCc1ccccc1.c1ccccc1. The summed E-state index contributed by atoms with van der Waals surface area (Å²) in [6, 6.07) is 19.3. The van der Waals surface area contributed by atoms with Crippen LogP contribution in [0, 0.1) is 0 Å². The predicted molar refractivity (Wildman–Crippen MR) is 110 cm³/mol. The number of carboxylic acids is 1. The van der Waals surface area contributed by atoms with E-state index in [1.54, 1.807) is 30.3 Å². The van der Waals surface area contributed by atoms with Crippen LogP contribution in [0.3, 0.4) is 0 Å². The van der Waals surface area contributed by atoms with Gasteiger partial charge < -0.3 is 15.2 Å². The van der Waals surface area contributed by atoms with E-state index < -0.39 is 46.9 Å². The van der Waals surface area contributed by atoms with Crippen molar-refractivity contribution in [2.45, 2.75) is 19.1 Å². The number of carbonyl (C=O) groups is 3. The van der Waals surface area contributed by atoms with Crippen molar-refractivity contribution in [2.75, 3.05) is 12.8 Å². The second kappa shape index (κ2) is 13.1. The molecule has 10 heteroatoms. The van der Waals surface area contributed by atoms with E-state index in [1.807, 2.05) is 41.1 Å². The molecule has 0 saturated carbocycles. The lowest BCUT2D eigenvalue weighted by atomic mass is 10.1. The number of carbonyl (C=O) groups excluding carboxylic acids is 2. The molecular formula is C20H24N2O7S. The molecule has 0 fully saturated rings. The second-order valence-corrected chi connectivity index (χ2v) is 7.90. The Morgan fingerprint density at radius 1 is 0.967 bits per heavy atom. The van der Waals surface area contributed by atoms with Crippen LogP contribution in [0.4, 0.5) is 4.79 Å². The number of ether oxygens (including phenoxy) is 1. The van der Waals surface area contributed by atoms with Crippen LogP contribution in [0.2, 0.25) is 0 Å². The summed E-state index contributed by atoms with van der Waals surface area (Å²) in [5.74, 6) is -2.12. The van der Waals surface area contributed by atoms with Gasteiger partial charge in [-0.1, -0.05) is 66.7 Å². The maximum absolute atomic E-state index is 11.9. The first-order valence-electron chi connectivity index (χ1n) is 8.83. The molecule has 9 nitrogen and oxygen atoms in total. The third kappa shape index (κ3) is 12.3. The van der Waals surface area contributed by atoms with E-state index in [4.69, 9.17) is 9.84 Å². The van der Waals surface area contributed by atoms with Crippen LogP contribution in [-0.2, 0) is 31.0 Å². The number of carboxylic acid groups (broad SMARTS) is 1. The van der Waals surface area contributed by atoms with E-state index in [1.165, 1.54) is 0 Å². The Balaban J connectivity index is 0.000000637. The number of nitrogens with one attached hydrogen (secondary N) is 2. The maximum atomic E-state index is 11.9. The maximum Gasteiger partial charge on any atom is 0.408 e. The van der Waals surface area contributed by atoms with Gasteiger partial charge in [0.25, 0.3) is 0 Å². The normalized spacial score (nSPS) is 11.4. The van der Waals surface area contributed by atoms with Gasteiger partial charge >= 0.3 is 12.1 Å². The molecule has 0 aromatic heterocycles. The highest BCUT2D eigenvalue weighted by molar-refractivity contribution is 7.88. The molecule has 0 aliphatic rings. The molecule has 1 amide bonds. The van der Waals surface area contributed by atoms with Crippen molar-refractivity contribution >= 4 is 27.9 Å². The summed E-state index contributed by atoms with van der Waals surface area (Å²) in [7, 11) is -3.62. The fraction of sp³-hybridized carbons (Fsp3) is 0.250. The van der Waals surface area contributed by atoms with Gasteiger partial charge in [-0.15, -0.1) is 0 Å². The van der Waals surface area contributed by atoms with Crippen LogP contribution in [0.15, 0.2) is 66.7 Å². The van der Waals surface area contributed by atoms with Crippen LogP contribution >= 0.6 is 0 Å². The van der Waals surface area contributed by atoms with Gasteiger partial charge in [0.1, 0.15) is 12.6 Å². The first kappa shape index (κ1) is 24.8. The van der Waals surface area contributed by atoms with Crippen molar-refractivity contribution in [1.82, 2.24) is 10.0 Å². The molecule has 0 radical (unpaired) electrons. The van der Waals surface area contributed by atoms with E-state index in [0.29, 0.717) is 5.56 Å². The van der Waals surface area contributed by atoms with Gasteiger partial charge in [-0.3, -0.25) is 9.59 Å². The lowest BCUT2D eigenvalue weighted by Gasteiger charge is -2.16. The summed E-state index contributed by atoms with van der Waals surface area (Å²) in [6.07, 6.45) is -0.809. The number of hydrogen-bond acceptors (Lipinski definition) is 6. The summed E-state index contributed by atoms with van der Waals surface area (Å²) in [4.78, 5) is 34.4. The van der Waals surface area contributed by atoms with E-state index in [0.717, 1.165) is 6.26 Å². The zero-order valence-corrected chi connectivity index (χ0v) is 17.2. The number of Topliss-reactive ketones (excluding diaryl/α,β-unsaturated/α-hetero) is 1. The Morgan fingerprint density at radius 2 is 1.47 bits per heavy atom. The highest BCUT2D eigenvalue weighted by Crippen LogP contribution is 2.02. The third-order valence-electron chi connectivity index (χ3n) is 3.45. The van der Waals surface area contributed by atoms with Crippen LogP contribution in [-0.4, -0.2) is 50.2 Å². The zero-order valence-electron chi connectivity index (χ0n) is 16.4. The van der Waals surface area contributed by atoms with Gasteiger partial charge in [0, 0.05) is 0 Å². The number of benzene rings is 2. The molecule has 1 unspecified atom stereocenters. The second-order valence-electron chi connectivity index (χ2n) is 6.07. The average molecular weight is 436 g/mol. The molecule has 0 spiro atoms. The first-order valence-corrected chi connectivity index (χ1v) is 10.7. The van der Waals surface area contributed by atoms with Gasteiger partial charge in [0.05, 0.1) is 19.2 Å². The molecule has 30 heavy (non-hydrogen) atoms. The van der Waals surface area contributed by atoms with Crippen molar-refractivity contribution in [2.24, 2.45) is 0 Å². The Bertz CT molecular complexity index is 877. The number of hydrogen-bond donors (Lipinski definition) is 3. The lowest BCUT2D eigenvalue weighted by molar-refractivity contribution is -0.139. The standard InChI is InChI=1S/C14H18N2O7S.C6H6/c1-24(21,22)15-8-12(17)11(7-13(18)19)16-14(20)23-9-10-5-3-2-4-6-10;1-2-4-6-5-3-1/h2-6,11,15H,7-9H2,1H3,(H,16,20)(H,18,19);1-6H. The lowest BCUT2D eigenvalue weighted by Crippen LogP contribution is -2.46. The molecule has 0 bridgehead atoms. The van der Waals surface area contributed by atoms with Crippen LogP contribution in [0.5, 0.6) is 0 Å². The van der Waals surface area contributed by atoms with Crippen molar-refractivity contribution in [3.05, 3.63) is 72.3 Å². The Labute approximate surface area is 175 Å². The summed E-state index contributed by atoms with van der Waals surface area (Å²) in [5.41, 5.74) is 0.715. The van der Waals surface area contributed by atoms with Crippen LogP contribution in [0.25, 0.3) is 0 Å². The molecule has 2 rings (SSSR count). The first-order chi connectivity index (χ1) is 14.2. The molecule has 0 aliphatic carbocycles. The highest BCUT2D eigenvalue weighted by Gasteiger charge is 2.24. The molecule has 3 N–H and O–H groups in total. The summed E-state index contributed by atoms with van der Waals surface area (Å²) < 4.78 is 28.8. The van der Waals surface area contributed by atoms with Gasteiger partial charge in [-0.05, 0) is 5.56 Å². The fourth-order valence-electron chi connectivity index (χ4n) is 2.04. The smallest absolute Gasteiger partial charge is 0.408 e. The third-order valence-corrected chi connectivity index (χ3v) is 4.12. The Morgan fingerprint density at radius 3 is 1.93 bits per heavy atom. The van der Waals surface area contributed by atoms with E-state index in [9.17, 15) is 22.8 Å². The van der Waals surface area contributed by atoms with Gasteiger partial charge in [0.2, 0.25) is 10.0 Å². The predicted octanol–water partition coefficient (Wildman–Crippen LogP) is 1.56. The van der Waals surface area contributed by atoms with Crippen molar-refractivity contribution in [3.63, 3.8) is 0 Å². The monoisotopic (exact) mass is 436 g/mol.